The molecule has 0 bridgehead atoms. The molecule has 8 heteroatoms. The number of ether oxygens (including phenoxy) is 2. The van der Waals surface area contributed by atoms with Crippen LogP contribution >= 0.6 is 0 Å². The van der Waals surface area contributed by atoms with Gasteiger partial charge in [0.05, 0.1) is 23.8 Å². The van der Waals surface area contributed by atoms with Gasteiger partial charge in [-0.1, -0.05) is 18.2 Å². The second-order valence-electron chi connectivity index (χ2n) is 9.73. The number of nitriles is 1. The number of hydrogen-bond acceptors (Lipinski definition) is 7. The second kappa shape index (κ2) is 11.8. The number of pyridine rings is 2. The lowest BCUT2D eigenvalue weighted by Gasteiger charge is -2.29. The Balaban J connectivity index is 1.52. The maximum Gasteiger partial charge on any atom is 0.253 e. The summed E-state index contributed by atoms with van der Waals surface area (Å²) in [5.41, 5.74) is 2.91. The van der Waals surface area contributed by atoms with Crippen LogP contribution in [0.2, 0.25) is 0 Å². The lowest BCUT2D eigenvalue weighted by atomic mass is 9.98. The Morgan fingerprint density at radius 1 is 0.973 bits per heavy atom. The molecule has 1 amide bonds. The fourth-order valence-electron chi connectivity index (χ4n) is 4.48. The van der Waals surface area contributed by atoms with Crippen LogP contribution in [-0.4, -0.2) is 52.1 Å². The summed E-state index contributed by atoms with van der Waals surface area (Å²) < 4.78 is 11.6. The van der Waals surface area contributed by atoms with Crippen LogP contribution in [-0.2, 0) is 0 Å². The normalized spacial score (nSPS) is 16.4. The van der Waals surface area contributed by atoms with Gasteiger partial charge >= 0.3 is 0 Å². The molecule has 0 saturated carbocycles. The number of carbonyl (C=O) groups is 1. The van der Waals surface area contributed by atoms with E-state index in [-0.39, 0.29) is 35.9 Å². The number of nitrogens with one attached hydrogen (secondary N) is 1. The van der Waals surface area contributed by atoms with Crippen LogP contribution in [0.25, 0.3) is 0 Å². The quantitative estimate of drug-likeness (QED) is 0.462. The highest BCUT2D eigenvalue weighted by atomic mass is 16.5. The molecule has 0 spiro atoms. The van der Waals surface area contributed by atoms with Gasteiger partial charge in [0.2, 0.25) is 5.88 Å². The number of likely N-dealkylation sites (tertiary alicyclic amines) is 1. The molecule has 3 heterocycles. The molecule has 4 rings (SSSR count). The molecule has 1 aliphatic heterocycles. The van der Waals surface area contributed by atoms with Crippen molar-refractivity contribution in [3.05, 3.63) is 83.3 Å². The first kappa shape index (κ1) is 26.1. The van der Waals surface area contributed by atoms with Gasteiger partial charge in [0.25, 0.3) is 5.91 Å². The predicted molar refractivity (Wildman–Crippen MR) is 140 cm³/mol. The molecule has 1 N–H and O–H groups in total. The van der Waals surface area contributed by atoms with E-state index in [0.29, 0.717) is 18.0 Å². The van der Waals surface area contributed by atoms with Crippen molar-refractivity contribution in [1.29, 1.82) is 5.26 Å². The molecule has 1 aliphatic rings. The first-order chi connectivity index (χ1) is 17.8. The van der Waals surface area contributed by atoms with Gasteiger partial charge in [-0.25, -0.2) is 9.97 Å². The Morgan fingerprint density at radius 3 is 2.30 bits per heavy atom. The lowest BCUT2D eigenvalue weighted by Crippen LogP contribution is -2.38. The van der Waals surface area contributed by atoms with Gasteiger partial charge in [0.1, 0.15) is 17.5 Å². The smallest absolute Gasteiger partial charge is 0.253 e. The third-order valence-electron chi connectivity index (χ3n) is 6.06. The van der Waals surface area contributed by atoms with Gasteiger partial charge in [-0.05, 0) is 69.5 Å². The van der Waals surface area contributed by atoms with E-state index < -0.39 is 0 Å². The van der Waals surface area contributed by atoms with Gasteiger partial charge in [0, 0.05) is 37.6 Å². The van der Waals surface area contributed by atoms with Crippen molar-refractivity contribution in [3.8, 4) is 17.7 Å². The minimum absolute atomic E-state index is 0.00861. The van der Waals surface area contributed by atoms with Crippen molar-refractivity contribution in [2.24, 2.45) is 0 Å². The van der Waals surface area contributed by atoms with Gasteiger partial charge in [-0.3, -0.25) is 9.69 Å². The standard InChI is InChI=1S/C29H33N5O3/c1-19(2)36-26-10-6-21(7-11-26)28(22-8-12-27(32-16-22)37-20(3)4)34-14-13-25(18-34)33-29(35)23-5-9-24(15-30)31-17-23/h5-12,16-17,19-20,25,28H,13-14,18H2,1-4H3,(H,33,35). The van der Waals surface area contributed by atoms with Crippen molar-refractivity contribution in [2.45, 2.75) is 58.4 Å². The lowest BCUT2D eigenvalue weighted by molar-refractivity contribution is 0.0936. The topological polar surface area (TPSA) is 100 Å². The highest BCUT2D eigenvalue weighted by molar-refractivity contribution is 5.94. The first-order valence-electron chi connectivity index (χ1n) is 12.6. The van der Waals surface area contributed by atoms with Gasteiger partial charge in [0.15, 0.2) is 0 Å². The molecule has 2 unspecified atom stereocenters. The number of amides is 1. The third kappa shape index (κ3) is 6.83. The Morgan fingerprint density at radius 2 is 1.70 bits per heavy atom. The summed E-state index contributed by atoms with van der Waals surface area (Å²) in [4.78, 5) is 23.7. The molecule has 0 radical (unpaired) electrons. The Kier molecular flexibility index (Phi) is 8.36. The summed E-state index contributed by atoms with van der Waals surface area (Å²) in [6.07, 6.45) is 4.29. The molecular formula is C29H33N5O3. The van der Waals surface area contributed by atoms with Crippen molar-refractivity contribution in [2.75, 3.05) is 13.1 Å². The number of nitrogens with zero attached hydrogens (tertiary/aromatic N) is 4. The van der Waals surface area contributed by atoms with Gasteiger partial charge in [-0.15, -0.1) is 0 Å². The van der Waals surface area contributed by atoms with E-state index in [1.54, 1.807) is 12.1 Å². The predicted octanol–water partition coefficient (Wildman–Crippen LogP) is 4.52. The van der Waals surface area contributed by atoms with Crippen LogP contribution in [0.5, 0.6) is 11.6 Å². The zero-order valence-corrected chi connectivity index (χ0v) is 21.7. The largest absolute Gasteiger partial charge is 0.491 e. The Hall–Kier alpha value is -3.96. The number of carbonyl (C=O) groups excluding carboxylic acids is 1. The van der Waals surface area contributed by atoms with E-state index in [4.69, 9.17) is 14.7 Å². The molecule has 8 nitrogen and oxygen atoms in total. The van der Waals surface area contributed by atoms with E-state index in [2.05, 4.69) is 38.4 Å². The average molecular weight is 500 g/mol. The number of benzene rings is 1. The van der Waals surface area contributed by atoms with Gasteiger partial charge < -0.3 is 14.8 Å². The SMILES string of the molecule is CC(C)Oc1ccc(C(c2ccc(OC(C)C)nc2)N2CCC(NC(=O)c3ccc(C#N)nc3)C2)cc1. The number of hydrogen-bond donors (Lipinski definition) is 1. The molecule has 3 aromatic rings. The van der Waals surface area contributed by atoms with Crippen LogP contribution in [0, 0.1) is 11.3 Å². The fourth-order valence-corrected chi connectivity index (χ4v) is 4.48. The third-order valence-corrected chi connectivity index (χ3v) is 6.06. The number of aromatic nitrogens is 2. The minimum atomic E-state index is -0.188. The minimum Gasteiger partial charge on any atom is -0.491 e. The van der Waals surface area contributed by atoms with E-state index in [0.717, 1.165) is 29.8 Å². The average Bonchev–Trinajstić information content (AvgIpc) is 3.33. The first-order valence-corrected chi connectivity index (χ1v) is 12.6. The zero-order chi connectivity index (χ0) is 26.4. The van der Waals surface area contributed by atoms with Crippen LogP contribution < -0.4 is 14.8 Å². The van der Waals surface area contributed by atoms with Crippen molar-refractivity contribution in [1.82, 2.24) is 20.2 Å². The van der Waals surface area contributed by atoms with E-state index in [9.17, 15) is 4.79 Å². The molecule has 1 fully saturated rings. The second-order valence-corrected chi connectivity index (χ2v) is 9.73. The molecule has 37 heavy (non-hydrogen) atoms. The maximum atomic E-state index is 12.8. The van der Waals surface area contributed by atoms with Crippen molar-refractivity contribution in [3.63, 3.8) is 0 Å². The molecular weight excluding hydrogens is 466 g/mol. The van der Waals surface area contributed by atoms with Crippen molar-refractivity contribution >= 4 is 5.91 Å². The van der Waals surface area contributed by atoms with E-state index in [1.165, 1.54) is 6.20 Å². The Bertz CT molecular complexity index is 1160. The maximum absolute atomic E-state index is 12.8. The molecule has 192 valence electrons. The summed E-state index contributed by atoms with van der Waals surface area (Å²) in [7, 11) is 0. The molecule has 2 atom stereocenters. The monoisotopic (exact) mass is 499 g/mol. The number of rotatable bonds is 9. The highest BCUT2D eigenvalue weighted by Crippen LogP contribution is 2.33. The summed E-state index contributed by atoms with van der Waals surface area (Å²) >= 11 is 0. The Labute approximate surface area is 218 Å². The van der Waals surface area contributed by atoms with Gasteiger partial charge in [-0.2, -0.15) is 5.26 Å². The summed E-state index contributed by atoms with van der Waals surface area (Å²) in [6, 6.07) is 17.3. The summed E-state index contributed by atoms with van der Waals surface area (Å²) in [6.45, 7) is 9.48. The zero-order valence-electron chi connectivity index (χ0n) is 21.7. The fraction of sp³-hybridized carbons (Fsp3) is 0.379. The van der Waals surface area contributed by atoms with Crippen LogP contribution in [0.3, 0.4) is 0 Å². The van der Waals surface area contributed by atoms with E-state index in [1.807, 2.05) is 58.2 Å². The van der Waals surface area contributed by atoms with E-state index >= 15 is 0 Å². The van der Waals surface area contributed by atoms with Crippen LogP contribution in [0.15, 0.2) is 60.9 Å². The van der Waals surface area contributed by atoms with Crippen LogP contribution in [0.1, 0.15) is 67.3 Å². The van der Waals surface area contributed by atoms with Crippen molar-refractivity contribution < 1.29 is 14.3 Å². The highest BCUT2D eigenvalue weighted by Gasteiger charge is 2.31. The summed E-state index contributed by atoms with van der Waals surface area (Å²) in [5, 5.41) is 12.1. The molecule has 2 aromatic heterocycles. The molecule has 1 aromatic carbocycles. The molecule has 0 aliphatic carbocycles. The van der Waals surface area contributed by atoms with Crippen LogP contribution in [0.4, 0.5) is 0 Å². The summed E-state index contributed by atoms with van der Waals surface area (Å²) in [5.74, 6) is 1.24. The molecule has 1 saturated heterocycles.